The number of primary amides is 1. The number of nitrogens with two attached hydrogens (primary N) is 1. The molecule has 0 aliphatic heterocycles. The molecule has 0 aliphatic carbocycles. The predicted molar refractivity (Wildman–Crippen MR) is 40.1 cm³/mol. The van der Waals surface area contributed by atoms with Crippen LogP contribution in [-0.2, 0) is 0 Å². The van der Waals surface area contributed by atoms with Crippen LogP contribution in [0.4, 0.5) is 5.82 Å². The van der Waals surface area contributed by atoms with Crippen LogP contribution in [0.2, 0.25) is 0 Å². The molecule has 5 heteroatoms. The van der Waals surface area contributed by atoms with Gasteiger partial charge in [0.15, 0.2) is 5.82 Å². The number of rotatable bonds is 2. The van der Waals surface area contributed by atoms with Gasteiger partial charge in [-0.15, -0.1) is 5.10 Å². The highest BCUT2D eigenvalue weighted by atomic mass is 16.1. The van der Waals surface area contributed by atoms with Gasteiger partial charge >= 0.3 is 0 Å². The minimum Gasteiger partial charge on any atom is -0.371 e. The Morgan fingerprint density at radius 1 is 1.73 bits per heavy atom. The molecule has 0 aromatic carbocycles. The molecule has 1 aromatic heterocycles. The van der Waals surface area contributed by atoms with Gasteiger partial charge in [-0.1, -0.05) is 0 Å². The van der Waals surface area contributed by atoms with E-state index in [9.17, 15) is 4.79 Å². The summed E-state index contributed by atoms with van der Waals surface area (Å²) in [6, 6.07) is 1.52. The molecule has 0 spiro atoms. The van der Waals surface area contributed by atoms with Crippen molar-refractivity contribution in [2.75, 3.05) is 12.4 Å². The molecule has 3 N–H and O–H groups in total. The van der Waals surface area contributed by atoms with Gasteiger partial charge < -0.3 is 11.1 Å². The Morgan fingerprint density at radius 3 is 2.91 bits per heavy atom. The highest BCUT2D eigenvalue weighted by Gasteiger charge is 2.06. The van der Waals surface area contributed by atoms with Crippen molar-refractivity contribution in [3.8, 4) is 0 Å². The molecular formula is C6H8N4O. The van der Waals surface area contributed by atoms with Crippen LogP contribution in [0.15, 0.2) is 12.3 Å². The van der Waals surface area contributed by atoms with E-state index in [0.717, 1.165) is 0 Å². The molecule has 5 nitrogen and oxygen atoms in total. The summed E-state index contributed by atoms with van der Waals surface area (Å²) in [5, 5.41) is 9.94. The summed E-state index contributed by atoms with van der Waals surface area (Å²) in [7, 11) is 1.65. The number of carbonyl (C=O) groups excluding carboxylic acids is 1. The highest BCUT2D eigenvalue weighted by molar-refractivity contribution is 5.97. The van der Waals surface area contributed by atoms with Crippen molar-refractivity contribution in [3.63, 3.8) is 0 Å². The molecule has 11 heavy (non-hydrogen) atoms. The molecule has 1 amide bonds. The lowest BCUT2D eigenvalue weighted by Crippen LogP contribution is -2.14. The van der Waals surface area contributed by atoms with E-state index in [4.69, 9.17) is 5.73 Å². The van der Waals surface area contributed by atoms with Crippen molar-refractivity contribution in [1.29, 1.82) is 0 Å². The molecule has 0 atom stereocenters. The number of hydrogen-bond acceptors (Lipinski definition) is 4. The third kappa shape index (κ3) is 1.43. The van der Waals surface area contributed by atoms with E-state index in [1.165, 1.54) is 12.3 Å². The van der Waals surface area contributed by atoms with Crippen molar-refractivity contribution in [2.24, 2.45) is 5.73 Å². The van der Waals surface area contributed by atoms with Crippen molar-refractivity contribution < 1.29 is 4.79 Å². The van der Waals surface area contributed by atoms with Gasteiger partial charge in [0.1, 0.15) is 0 Å². The lowest BCUT2D eigenvalue weighted by Gasteiger charge is -2.00. The third-order valence-electron chi connectivity index (χ3n) is 1.22. The van der Waals surface area contributed by atoms with Gasteiger partial charge in [-0.05, 0) is 6.07 Å². The second-order valence-corrected chi connectivity index (χ2v) is 1.91. The quantitative estimate of drug-likeness (QED) is 0.605. The molecule has 1 heterocycles. The molecule has 1 rings (SSSR count). The van der Waals surface area contributed by atoms with E-state index in [2.05, 4.69) is 15.5 Å². The Bertz CT molecular complexity index is 273. The molecule has 0 radical (unpaired) electrons. The average Bonchev–Trinajstić information content (AvgIpc) is 2.04. The monoisotopic (exact) mass is 152 g/mol. The fourth-order valence-electron chi connectivity index (χ4n) is 0.715. The van der Waals surface area contributed by atoms with Gasteiger partial charge in [-0.3, -0.25) is 4.79 Å². The minimum absolute atomic E-state index is 0.350. The second-order valence-electron chi connectivity index (χ2n) is 1.91. The summed E-state index contributed by atoms with van der Waals surface area (Å²) in [4.78, 5) is 10.7. The lowest BCUT2D eigenvalue weighted by molar-refractivity contribution is 0.100. The Kier molecular flexibility index (Phi) is 2.00. The summed E-state index contributed by atoms with van der Waals surface area (Å²) >= 11 is 0. The first-order valence-electron chi connectivity index (χ1n) is 3.05. The normalized spacial score (nSPS) is 9.18. The molecule has 0 saturated heterocycles. The maximum absolute atomic E-state index is 10.7. The second kappa shape index (κ2) is 2.96. The van der Waals surface area contributed by atoms with Gasteiger partial charge in [0.2, 0.25) is 0 Å². The van der Waals surface area contributed by atoms with Gasteiger partial charge in [-0.25, -0.2) is 0 Å². The molecule has 0 saturated carbocycles. The number of nitrogens with zero attached hydrogens (tertiary/aromatic N) is 2. The largest absolute Gasteiger partial charge is 0.371 e. The van der Waals surface area contributed by atoms with E-state index in [1.807, 2.05) is 0 Å². The van der Waals surface area contributed by atoms with E-state index in [1.54, 1.807) is 7.05 Å². The zero-order chi connectivity index (χ0) is 8.27. The number of anilines is 1. The summed E-state index contributed by atoms with van der Waals surface area (Å²) in [5.41, 5.74) is 5.39. The van der Waals surface area contributed by atoms with E-state index in [-0.39, 0.29) is 0 Å². The fraction of sp³-hybridized carbons (Fsp3) is 0.167. The van der Waals surface area contributed by atoms with E-state index < -0.39 is 5.91 Å². The van der Waals surface area contributed by atoms with Gasteiger partial charge in [0.05, 0.1) is 11.8 Å². The van der Waals surface area contributed by atoms with E-state index >= 15 is 0 Å². The molecular weight excluding hydrogens is 144 g/mol. The first-order chi connectivity index (χ1) is 5.25. The SMILES string of the molecule is CNc1nnccc1C(N)=O. The maximum atomic E-state index is 10.7. The van der Waals surface area contributed by atoms with Crippen LogP contribution < -0.4 is 11.1 Å². The van der Waals surface area contributed by atoms with Gasteiger partial charge in [-0.2, -0.15) is 5.10 Å². The first kappa shape index (κ1) is 7.46. The summed E-state index contributed by atoms with van der Waals surface area (Å²) in [6.45, 7) is 0. The third-order valence-corrected chi connectivity index (χ3v) is 1.22. The van der Waals surface area contributed by atoms with Crippen LogP contribution in [-0.4, -0.2) is 23.2 Å². The average molecular weight is 152 g/mol. The van der Waals surface area contributed by atoms with Crippen LogP contribution in [0.3, 0.4) is 0 Å². The van der Waals surface area contributed by atoms with Crippen LogP contribution in [0.1, 0.15) is 10.4 Å². The maximum Gasteiger partial charge on any atom is 0.252 e. The van der Waals surface area contributed by atoms with Crippen molar-refractivity contribution in [3.05, 3.63) is 17.8 Å². The predicted octanol–water partition coefficient (Wildman–Crippen LogP) is -0.383. The summed E-state index contributed by atoms with van der Waals surface area (Å²) in [5.74, 6) is -0.107. The van der Waals surface area contributed by atoms with Crippen molar-refractivity contribution in [1.82, 2.24) is 10.2 Å². The topological polar surface area (TPSA) is 80.9 Å². The first-order valence-corrected chi connectivity index (χ1v) is 3.05. The van der Waals surface area contributed by atoms with Crippen molar-refractivity contribution in [2.45, 2.75) is 0 Å². The fourth-order valence-corrected chi connectivity index (χ4v) is 0.715. The minimum atomic E-state index is -0.510. The number of amides is 1. The van der Waals surface area contributed by atoms with Crippen LogP contribution in [0, 0.1) is 0 Å². The Labute approximate surface area is 63.6 Å². The van der Waals surface area contributed by atoms with Crippen LogP contribution in [0.5, 0.6) is 0 Å². The van der Waals surface area contributed by atoms with Gasteiger partial charge in [0.25, 0.3) is 5.91 Å². The number of hydrogen-bond donors (Lipinski definition) is 2. The molecule has 0 fully saturated rings. The number of nitrogens with one attached hydrogen (secondary N) is 1. The van der Waals surface area contributed by atoms with Crippen molar-refractivity contribution >= 4 is 11.7 Å². The zero-order valence-corrected chi connectivity index (χ0v) is 6.03. The Hall–Kier alpha value is -1.65. The standard InChI is InChI=1S/C6H8N4O/c1-8-6-4(5(7)11)2-3-9-10-6/h2-3H,1H3,(H2,7,11)(H,8,10). The summed E-state index contributed by atoms with van der Waals surface area (Å²) < 4.78 is 0. The molecule has 0 aliphatic rings. The Morgan fingerprint density at radius 2 is 2.45 bits per heavy atom. The molecule has 58 valence electrons. The van der Waals surface area contributed by atoms with Crippen LogP contribution in [0.25, 0.3) is 0 Å². The smallest absolute Gasteiger partial charge is 0.252 e. The number of carbonyl (C=O) groups is 1. The molecule has 0 unspecified atom stereocenters. The van der Waals surface area contributed by atoms with Gasteiger partial charge in [0, 0.05) is 7.05 Å². The number of aromatic nitrogens is 2. The lowest BCUT2D eigenvalue weighted by atomic mass is 10.3. The zero-order valence-electron chi connectivity index (χ0n) is 6.03. The molecule has 0 bridgehead atoms. The summed E-state index contributed by atoms with van der Waals surface area (Å²) in [6.07, 6.45) is 1.42. The Balaban J connectivity index is 3.12. The van der Waals surface area contributed by atoms with E-state index in [0.29, 0.717) is 11.4 Å². The van der Waals surface area contributed by atoms with Crippen LogP contribution >= 0.6 is 0 Å². The molecule has 1 aromatic rings. The highest BCUT2D eigenvalue weighted by Crippen LogP contribution is 2.06.